The van der Waals surface area contributed by atoms with Crippen molar-refractivity contribution in [1.29, 1.82) is 0 Å². The molecule has 1 aliphatic rings. The van der Waals surface area contributed by atoms with Crippen molar-refractivity contribution in [2.45, 2.75) is 12.3 Å². The van der Waals surface area contributed by atoms with Crippen LogP contribution in [0.15, 0.2) is 60.7 Å². The number of rotatable bonds is 2. The summed E-state index contributed by atoms with van der Waals surface area (Å²) in [5.41, 5.74) is 1.59. The van der Waals surface area contributed by atoms with Gasteiger partial charge in [0.1, 0.15) is 5.41 Å². The van der Waals surface area contributed by atoms with E-state index in [1.807, 2.05) is 36.4 Å². The van der Waals surface area contributed by atoms with Gasteiger partial charge in [-0.05, 0) is 17.0 Å². The second kappa shape index (κ2) is 4.54. The van der Waals surface area contributed by atoms with Gasteiger partial charge in [0.15, 0.2) is 0 Å². The zero-order valence-electron chi connectivity index (χ0n) is 11.0. The highest BCUT2D eigenvalue weighted by atomic mass is 16.2. The predicted molar refractivity (Wildman–Crippen MR) is 75.8 cm³/mol. The van der Waals surface area contributed by atoms with Crippen LogP contribution in [0.1, 0.15) is 18.1 Å². The maximum Gasteiger partial charge on any atom is 0.235 e. The van der Waals surface area contributed by atoms with Gasteiger partial charge in [-0.25, -0.2) is 0 Å². The molecule has 96 valence electrons. The fraction of sp³-hybridized carbons (Fsp3) is 0.235. The molecule has 1 unspecified atom stereocenters. The van der Waals surface area contributed by atoms with Crippen molar-refractivity contribution in [3.63, 3.8) is 0 Å². The molecule has 19 heavy (non-hydrogen) atoms. The van der Waals surface area contributed by atoms with Gasteiger partial charge in [-0.1, -0.05) is 67.6 Å². The first-order valence-corrected chi connectivity index (χ1v) is 6.65. The quantitative estimate of drug-likeness (QED) is 0.873. The van der Waals surface area contributed by atoms with Crippen LogP contribution < -0.4 is 5.32 Å². The largest absolute Gasteiger partial charge is 0.355 e. The van der Waals surface area contributed by atoms with Crippen molar-refractivity contribution >= 4 is 5.91 Å². The van der Waals surface area contributed by atoms with Crippen molar-refractivity contribution < 1.29 is 4.79 Å². The van der Waals surface area contributed by atoms with Gasteiger partial charge in [-0.3, -0.25) is 4.79 Å². The van der Waals surface area contributed by atoms with Crippen LogP contribution in [0.4, 0.5) is 0 Å². The molecule has 0 bridgehead atoms. The molecule has 0 saturated carbocycles. The Labute approximate surface area is 113 Å². The molecule has 1 aliphatic heterocycles. The van der Waals surface area contributed by atoms with E-state index in [0.29, 0.717) is 0 Å². The molecule has 2 aromatic rings. The smallest absolute Gasteiger partial charge is 0.235 e. The van der Waals surface area contributed by atoms with Crippen LogP contribution in [0.3, 0.4) is 0 Å². The summed E-state index contributed by atoms with van der Waals surface area (Å²) in [6.45, 7) is 2.86. The Morgan fingerprint density at radius 3 is 1.79 bits per heavy atom. The molecule has 2 nitrogen and oxygen atoms in total. The average Bonchev–Trinajstić information content (AvgIpc) is 2.77. The first-order valence-electron chi connectivity index (χ1n) is 6.65. The van der Waals surface area contributed by atoms with Gasteiger partial charge in [0.2, 0.25) is 5.91 Å². The van der Waals surface area contributed by atoms with Crippen LogP contribution in [0.2, 0.25) is 0 Å². The normalized spacial score (nSPS) is 21.1. The number of hydrogen-bond donors (Lipinski definition) is 1. The van der Waals surface area contributed by atoms with Crippen LogP contribution in [0.25, 0.3) is 0 Å². The molecule has 1 atom stereocenters. The fourth-order valence-electron chi connectivity index (χ4n) is 3.16. The lowest BCUT2D eigenvalue weighted by Gasteiger charge is -2.31. The van der Waals surface area contributed by atoms with E-state index in [2.05, 4.69) is 36.5 Å². The summed E-state index contributed by atoms with van der Waals surface area (Å²) in [6.07, 6.45) is 0. The molecule has 1 N–H and O–H groups in total. The van der Waals surface area contributed by atoms with Crippen LogP contribution in [-0.4, -0.2) is 12.5 Å². The first kappa shape index (κ1) is 12.0. The van der Waals surface area contributed by atoms with E-state index in [9.17, 15) is 4.79 Å². The van der Waals surface area contributed by atoms with Gasteiger partial charge in [-0.2, -0.15) is 0 Å². The van der Waals surface area contributed by atoms with E-state index >= 15 is 0 Å². The van der Waals surface area contributed by atoms with E-state index in [-0.39, 0.29) is 11.8 Å². The minimum absolute atomic E-state index is 0.109. The van der Waals surface area contributed by atoms with Crippen LogP contribution in [-0.2, 0) is 10.2 Å². The zero-order valence-corrected chi connectivity index (χ0v) is 11.0. The van der Waals surface area contributed by atoms with E-state index in [1.54, 1.807) is 0 Å². The highest BCUT2D eigenvalue weighted by Gasteiger charge is 2.50. The zero-order chi connectivity index (χ0) is 13.3. The number of nitrogens with one attached hydrogen (secondary N) is 1. The third kappa shape index (κ3) is 1.67. The summed E-state index contributed by atoms with van der Waals surface area (Å²) in [5, 5.41) is 3.02. The van der Waals surface area contributed by atoms with Crippen molar-refractivity contribution in [1.82, 2.24) is 5.32 Å². The molecule has 1 heterocycles. The molecular weight excluding hydrogens is 234 g/mol. The van der Waals surface area contributed by atoms with Gasteiger partial charge in [0.25, 0.3) is 0 Å². The Morgan fingerprint density at radius 1 is 0.947 bits per heavy atom. The Hall–Kier alpha value is -2.09. The lowest BCUT2D eigenvalue weighted by atomic mass is 9.68. The van der Waals surface area contributed by atoms with Gasteiger partial charge in [0.05, 0.1) is 0 Å². The Kier molecular flexibility index (Phi) is 2.86. The van der Waals surface area contributed by atoms with E-state index in [1.165, 1.54) is 0 Å². The minimum Gasteiger partial charge on any atom is -0.355 e. The van der Waals surface area contributed by atoms with Gasteiger partial charge in [-0.15, -0.1) is 0 Å². The third-order valence-corrected chi connectivity index (χ3v) is 4.12. The van der Waals surface area contributed by atoms with Crippen LogP contribution >= 0.6 is 0 Å². The minimum atomic E-state index is -0.553. The maximum atomic E-state index is 12.6. The monoisotopic (exact) mass is 251 g/mol. The average molecular weight is 251 g/mol. The molecule has 1 amide bonds. The number of hydrogen-bond acceptors (Lipinski definition) is 1. The van der Waals surface area contributed by atoms with Crippen molar-refractivity contribution in [2.75, 3.05) is 6.54 Å². The standard InChI is InChI=1S/C17H17NO/c1-13-12-18-16(19)17(13,14-8-4-2-5-9-14)15-10-6-3-7-11-15/h2-11,13H,12H2,1H3,(H,18,19). The molecule has 0 spiro atoms. The molecule has 0 aromatic heterocycles. The van der Waals surface area contributed by atoms with E-state index < -0.39 is 5.41 Å². The summed E-state index contributed by atoms with van der Waals surface area (Å²) >= 11 is 0. The lowest BCUT2D eigenvalue weighted by molar-refractivity contribution is -0.123. The van der Waals surface area contributed by atoms with Gasteiger partial charge in [0, 0.05) is 6.54 Å². The molecular formula is C17H17NO. The second-order valence-corrected chi connectivity index (χ2v) is 5.15. The summed E-state index contributed by atoms with van der Waals surface area (Å²) < 4.78 is 0. The van der Waals surface area contributed by atoms with Crippen LogP contribution in [0, 0.1) is 5.92 Å². The number of carbonyl (C=O) groups excluding carboxylic acids is 1. The highest BCUT2D eigenvalue weighted by molar-refractivity contribution is 5.94. The molecule has 2 aromatic carbocycles. The van der Waals surface area contributed by atoms with E-state index in [4.69, 9.17) is 0 Å². The fourth-order valence-corrected chi connectivity index (χ4v) is 3.16. The number of amides is 1. The molecule has 3 rings (SSSR count). The summed E-state index contributed by atoms with van der Waals surface area (Å²) in [6, 6.07) is 20.2. The highest BCUT2D eigenvalue weighted by Crippen LogP contribution is 2.42. The van der Waals surface area contributed by atoms with Crippen LogP contribution in [0.5, 0.6) is 0 Å². The summed E-state index contributed by atoms with van der Waals surface area (Å²) in [7, 11) is 0. The SMILES string of the molecule is CC1CNC(=O)C1(c1ccccc1)c1ccccc1. The number of carbonyl (C=O) groups is 1. The summed E-state index contributed by atoms with van der Waals surface area (Å²) in [4.78, 5) is 12.6. The third-order valence-electron chi connectivity index (χ3n) is 4.12. The Bertz CT molecular complexity index is 537. The molecule has 1 saturated heterocycles. The Balaban J connectivity index is 2.25. The summed E-state index contributed by atoms with van der Waals surface area (Å²) in [5.74, 6) is 0.349. The lowest BCUT2D eigenvalue weighted by Crippen LogP contribution is -2.40. The molecule has 2 heteroatoms. The second-order valence-electron chi connectivity index (χ2n) is 5.15. The first-order chi connectivity index (χ1) is 9.26. The number of benzene rings is 2. The van der Waals surface area contributed by atoms with Gasteiger partial charge < -0.3 is 5.32 Å². The molecule has 0 radical (unpaired) electrons. The van der Waals surface area contributed by atoms with Crippen molar-refractivity contribution in [2.24, 2.45) is 5.92 Å². The van der Waals surface area contributed by atoms with Gasteiger partial charge >= 0.3 is 0 Å². The molecule has 0 aliphatic carbocycles. The predicted octanol–water partition coefficient (Wildman–Crippen LogP) is 2.74. The topological polar surface area (TPSA) is 29.1 Å². The molecule has 1 fully saturated rings. The van der Waals surface area contributed by atoms with Crippen molar-refractivity contribution in [3.8, 4) is 0 Å². The van der Waals surface area contributed by atoms with E-state index in [0.717, 1.165) is 17.7 Å². The van der Waals surface area contributed by atoms with Crippen molar-refractivity contribution in [3.05, 3.63) is 71.8 Å². The maximum absolute atomic E-state index is 12.6. The Morgan fingerprint density at radius 2 is 1.42 bits per heavy atom.